The van der Waals surface area contributed by atoms with Crippen molar-refractivity contribution in [3.63, 3.8) is 0 Å². The lowest BCUT2D eigenvalue weighted by Crippen LogP contribution is -2.42. The lowest BCUT2D eigenvalue weighted by Gasteiger charge is -2.28. The zero-order valence-electron chi connectivity index (χ0n) is 9.40. The number of anilines is 1. The van der Waals surface area contributed by atoms with Gasteiger partial charge in [-0.1, -0.05) is 12.1 Å². The molecule has 0 saturated carbocycles. The van der Waals surface area contributed by atoms with E-state index in [1.807, 2.05) is 25.1 Å². The van der Waals surface area contributed by atoms with Crippen molar-refractivity contribution >= 4 is 11.6 Å². The van der Waals surface area contributed by atoms with Gasteiger partial charge in [-0.3, -0.25) is 4.79 Å². The molecule has 4 nitrogen and oxygen atoms in total. The van der Waals surface area contributed by atoms with Gasteiger partial charge < -0.3 is 15.4 Å². The highest BCUT2D eigenvalue weighted by atomic mass is 16.5. The smallest absolute Gasteiger partial charge is 0.253 e. The first-order chi connectivity index (χ1) is 7.72. The van der Waals surface area contributed by atoms with Crippen molar-refractivity contribution < 1.29 is 9.53 Å². The first-order valence-electron chi connectivity index (χ1n) is 5.40. The molecule has 0 radical (unpaired) electrons. The highest BCUT2D eigenvalue weighted by molar-refractivity contribution is 5.95. The summed E-state index contributed by atoms with van der Waals surface area (Å²) in [5.74, 6) is 0.0230. The number of hydrogen-bond acceptors (Lipinski definition) is 3. The van der Waals surface area contributed by atoms with Crippen LogP contribution in [-0.2, 0) is 16.1 Å². The molecule has 0 unspecified atom stereocenters. The maximum atomic E-state index is 11.7. The van der Waals surface area contributed by atoms with E-state index in [1.165, 1.54) is 0 Å². The number of amides is 1. The molecule has 0 spiro atoms. The summed E-state index contributed by atoms with van der Waals surface area (Å²) in [6.45, 7) is 3.93. The standard InChI is InChI=1S/C12H16N2O2/c1-9-6-10(7-13)2-3-11(9)14-4-5-16-8-12(14)15/h2-3,6H,4-5,7-8,13H2,1H3. The van der Waals surface area contributed by atoms with E-state index in [9.17, 15) is 4.79 Å². The molecular weight excluding hydrogens is 204 g/mol. The number of aryl methyl sites for hydroxylation is 1. The third kappa shape index (κ3) is 2.08. The van der Waals surface area contributed by atoms with Crippen molar-refractivity contribution in [1.82, 2.24) is 0 Å². The summed E-state index contributed by atoms with van der Waals surface area (Å²) >= 11 is 0. The van der Waals surface area contributed by atoms with Crippen molar-refractivity contribution in [3.8, 4) is 0 Å². The Bertz CT molecular complexity index is 404. The summed E-state index contributed by atoms with van der Waals surface area (Å²) in [4.78, 5) is 13.5. The van der Waals surface area contributed by atoms with Crippen LogP contribution in [0.25, 0.3) is 0 Å². The van der Waals surface area contributed by atoms with E-state index in [0.29, 0.717) is 19.7 Å². The Balaban J connectivity index is 2.28. The van der Waals surface area contributed by atoms with Crippen molar-refractivity contribution in [2.24, 2.45) is 5.73 Å². The summed E-state index contributed by atoms with van der Waals surface area (Å²) in [5, 5.41) is 0. The summed E-state index contributed by atoms with van der Waals surface area (Å²) in [6, 6.07) is 5.95. The van der Waals surface area contributed by atoms with Crippen LogP contribution in [0.2, 0.25) is 0 Å². The van der Waals surface area contributed by atoms with E-state index in [2.05, 4.69) is 0 Å². The number of carbonyl (C=O) groups excluding carboxylic acids is 1. The van der Waals surface area contributed by atoms with E-state index in [-0.39, 0.29) is 12.5 Å². The van der Waals surface area contributed by atoms with Gasteiger partial charge in [0.05, 0.1) is 6.61 Å². The number of rotatable bonds is 2. The molecule has 2 N–H and O–H groups in total. The van der Waals surface area contributed by atoms with Gasteiger partial charge >= 0.3 is 0 Å². The van der Waals surface area contributed by atoms with Crippen LogP contribution >= 0.6 is 0 Å². The molecule has 1 heterocycles. The fraction of sp³-hybridized carbons (Fsp3) is 0.417. The lowest BCUT2D eigenvalue weighted by molar-refractivity contribution is -0.125. The van der Waals surface area contributed by atoms with E-state index < -0.39 is 0 Å². The molecule has 16 heavy (non-hydrogen) atoms. The van der Waals surface area contributed by atoms with Gasteiger partial charge in [0.2, 0.25) is 0 Å². The van der Waals surface area contributed by atoms with Crippen LogP contribution in [0.4, 0.5) is 5.69 Å². The topological polar surface area (TPSA) is 55.6 Å². The zero-order valence-corrected chi connectivity index (χ0v) is 9.40. The second-order valence-electron chi connectivity index (χ2n) is 3.92. The predicted octanol–water partition coefficient (Wildman–Crippen LogP) is 0.817. The van der Waals surface area contributed by atoms with E-state index in [0.717, 1.165) is 16.8 Å². The van der Waals surface area contributed by atoms with Crippen LogP contribution in [0, 0.1) is 6.92 Å². The molecule has 1 aliphatic heterocycles. The molecule has 4 heteroatoms. The van der Waals surface area contributed by atoms with Gasteiger partial charge in [-0.15, -0.1) is 0 Å². The summed E-state index contributed by atoms with van der Waals surface area (Å²) in [5.41, 5.74) is 8.70. The van der Waals surface area contributed by atoms with Crippen molar-refractivity contribution in [2.45, 2.75) is 13.5 Å². The molecule has 86 valence electrons. The molecule has 1 aromatic carbocycles. The van der Waals surface area contributed by atoms with Crippen LogP contribution in [0.5, 0.6) is 0 Å². The molecule has 1 amide bonds. The Labute approximate surface area is 95.0 Å². The third-order valence-corrected chi connectivity index (χ3v) is 2.77. The predicted molar refractivity (Wildman–Crippen MR) is 62.2 cm³/mol. The first kappa shape index (κ1) is 11.1. The Hall–Kier alpha value is -1.39. The fourth-order valence-electron chi connectivity index (χ4n) is 1.92. The minimum Gasteiger partial charge on any atom is -0.370 e. The molecule has 1 aromatic rings. The Morgan fingerprint density at radius 3 is 2.94 bits per heavy atom. The molecule has 0 bridgehead atoms. The number of benzene rings is 1. The maximum absolute atomic E-state index is 11.7. The van der Waals surface area contributed by atoms with E-state index in [4.69, 9.17) is 10.5 Å². The largest absolute Gasteiger partial charge is 0.370 e. The zero-order chi connectivity index (χ0) is 11.5. The molecule has 1 saturated heterocycles. The van der Waals surface area contributed by atoms with Crippen molar-refractivity contribution in [2.75, 3.05) is 24.7 Å². The van der Waals surface area contributed by atoms with Gasteiger partial charge in [-0.05, 0) is 24.1 Å². The van der Waals surface area contributed by atoms with Crippen LogP contribution < -0.4 is 10.6 Å². The summed E-state index contributed by atoms with van der Waals surface area (Å²) in [7, 11) is 0. The van der Waals surface area contributed by atoms with Crippen LogP contribution in [0.1, 0.15) is 11.1 Å². The Kier molecular flexibility index (Phi) is 3.22. The van der Waals surface area contributed by atoms with Gasteiger partial charge in [0.15, 0.2) is 0 Å². The minimum atomic E-state index is 0.0230. The van der Waals surface area contributed by atoms with Gasteiger partial charge in [-0.25, -0.2) is 0 Å². The van der Waals surface area contributed by atoms with Crippen LogP contribution in [0.15, 0.2) is 18.2 Å². The molecule has 0 aliphatic carbocycles. The van der Waals surface area contributed by atoms with Crippen molar-refractivity contribution in [3.05, 3.63) is 29.3 Å². The van der Waals surface area contributed by atoms with Gasteiger partial charge in [0.25, 0.3) is 5.91 Å². The SMILES string of the molecule is Cc1cc(CN)ccc1N1CCOCC1=O. The number of nitrogens with two attached hydrogens (primary N) is 1. The molecule has 1 aliphatic rings. The number of carbonyl (C=O) groups is 1. The third-order valence-electron chi connectivity index (χ3n) is 2.77. The van der Waals surface area contributed by atoms with Crippen LogP contribution in [-0.4, -0.2) is 25.7 Å². The fourth-order valence-corrected chi connectivity index (χ4v) is 1.92. The first-order valence-corrected chi connectivity index (χ1v) is 5.40. The monoisotopic (exact) mass is 220 g/mol. The Morgan fingerprint density at radius 1 is 1.50 bits per heavy atom. The highest BCUT2D eigenvalue weighted by Gasteiger charge is 2.21. The van der Waals surface area contributed by atoms with Gasteiger partial charge in [0.1, 0.15) is 6.61 Å². The summed E-state index contributed by atoms with van der Waals surface area (Å²) in [6.07, 6.45) is 0. The van der Waals surface area contributed by atoms with E-state index in [1.54, 1.807) is 4.90 Å². The normalized spacial score (nSPS) is 16.6. The molecule has 0 aromatic heterocycles. The lowest BCUT2D eigenvalue weighted by atomic mass is 10.1. The molecule has 0 atom stereocenters. The minimum absolute atomic E-state index is 0.0230. The second-order valence-corrected chi connectivity index (χ2v) is 3.92. The van der Waals surface area contributed by atoms with Gasteiger partial charge in [-0.2, -0.15) is 0 Å². The molecule has 1 fully saturated rings. The Morgan fingerprint density at radius 2 is 2.31 bits per heavy atom. The highest BCUT2D eigenvalue weighted by Crippen LogP contribution is 2.22. The number of hydrogen-bond donors (Lipinski definition) is 1. The molecule has 2 rings (SSSR count). The summed E-state index contributed by atoms with van der Waals surface area (Å²) < 4.78 is 5.11. The average molecular weight is 220 g/mol. The molecular formula is C12H16N2O2. The second kappa shape index (κ2) is 4.63. The van der Waals surface area contributed by atoms with Crippen molar-refractivity contribution in [1.29, 1.82) is 0 Å². The maximum Gasteiger partial charge on any atom is 0.253 e. The van der Waals surface area contributed by atoms with E-state index >= 15 is 0 Å². The number of ether oxygens (including phenoxy) is 1. The quantitative estimate of drug-likeness (QED) is 0.802. The van der Waals surface area contributed by atoms with Gasteiger partial charge in [0, 0.05) is 18.8 Å². The average Bonchev–Trinajstić information content (AvgIpc) is 2.30. The number of nitrogens with zero attached hydrogens (tertiary/aromatic N) is 1. The van der Waals surface area contributed by atoms with Crippen LogP contribution in [0.3, 0.4) is 0 Å². The number of morpholine rings is 1.